The molecule has 1 aromatic carbocycles. The van der Waals surface area contributed by atoms with Crippen LogP contribution in [-0.4, -0.2) is 44.3 Å². The summed E-state index contributed by atoms with van der Waals surface area (Å²) in [4.78, 5) is 7.19. The van der Waals surface area contributed by atoms with Crippen LogP contribution in [0, 0.1) is 18.3 Å². The van der Waals surface area contributed by atoms with Crippen molar-refractivity contribution in [2.45, 2.75) is 30.9 Å². The molecule has 3 aliphatic rings. The number of piperidine rings is 3. The van der Waals surface area contributed by atoms with Gasteiger partial charge in [0.25, 0.3) is 0 Å². The van der Waals surface area contributed by atoms with Crippen molar-refractivity contribution in [3.05, 3.63) is 64.8 Å². The molecule has 6 rings (SSSR count). The van der Waals surface area contributed by atoms with E-state index in [4.69, 9.17) is 11.4 Å². The molecule has 1 unspecified atom stereocenters. The van der Waals surface area contributed by atoms with E-state index in [0.717, 1.165) is 53.5 Å². The highest BCUT2D eigenvalue weighted by Gasteiger charge is 2.54. The molecular weight excluding hydrogens is 380 g/mol. The fraction of sp³-hybridized carbons (Fsp3) is 0.348. The highest BCUT2D eigenvalue weighted by atomic mass is 32.1. The first-order valence-electron chi connectivity index (χ1n) is 9.93. The quantitative estimate of drug-likeness (QED) is 0.680. The fourth-order valence-corrected chi connectivity index (χ4v) is 5.42. The zero-order chi connectivity index (χ0) is 19.8. The van der Waals surface area contributed by atoms with Crippen molar-refractivity contribution >= 4 is 11.3 Å². The second kappa shape index (κ2) is 7.34. The Labute approximate surface area is 174 Å². The molecule has 0 aliphatic carbocycles. The molecule has 5 heterocycles. The maximum Gasteiger partial charge on any atom is 0.166 e. The van der Waals surface area contributed by atoms with E-state index in [1.807, 2.05) is 30.3 Å². The molecule has 2 bridgehead atoms. The summed E-state index contributed by atoms with van der Waals surface area (Å²) in [5.74, 6) is 3.04. The van der Waals surface area contributed by atoms with E-state index < -0.39 is 5.60 Å². The second-order valence-electron chi connectivity index (χ2n) is 7.80. The van der Waals surface area contributed by atoms with Gasteiger partial charge in [0.15, 0.2) is 5.01 Å². The Morgan fingerprint density at radius 1 is 1.17 bits per heavy atom. The number of aromatic nitrogens is 3. The molecule has 146 valence electrons. The van der Waals surface area contributed by atoms with Crippen molar-refractivity contribution in [3.63, 3.8) is 0 Å². The monoisotopic (exact) mass is 402 g/mol. The third-order valence-electron chi connectivity index (χ3n) is 6.29. The number of fused-ring (bicyclic) bond motifs is 3. The van der Waals surface area contributed by atoms with Crippen LogP contribution < -0.4 is 0 Å². The molecule has 5 nitrogen and oxygen atoms in total. The summed E-state index contributed by atoms with van der Waals surface area (Å²) < 4.78 is 0. The van der Waals surface area contributed by atoms with Crippen molar-refractivity contribution in [3.8, 4) is 23.0 Å². The van der Waals surface area contributed by atoms with E-state index >= 15 is 0 Å². The van der Waals surface area contributed by atoms with Crippen LogP contribution in [0.3, 0.4) is 0 Å². The van der Waals surface area contributed by atoms with Gasteiger partial charge in [0, 0.05) is 12.0 Å². The van der Waals surface area contributed by atoms with Gasteiger partial charge >= 0.3 is 0 Å². The van der Waals surface area contributed by atoms with Gasteiger partial charge in [-0.05, 0) is 43.5 Å². The third-order valence-corrected chi connectivity index (χ3v) is 7.00. The summed E-state index contributed by atoms with van der Waals surface area (Å²) in [5.41, 5.74) is 4.27. The number of rotatable bonds is 4. The normalized spacial score (nSPS) is 28.2. The number of hydrogen-bond donors (Lipinski definition) is 1. The molecule has 6 heteroatoms. The first-order valence-corrected chi connectivity index (χ1v) is 10.8. The van der Waals surface area contributed by atoms with E-state index in [1.54, 1.807) is 5.51 Å². The first kappa shape index (κ1) is 18.4. The molecular formula is C23H22N4OS. The predicted octanol–water partition coefficient (Wildman–Crippen LogP) is 3.11. The van der Waals surface area contributed by atoms with Crippen LogP contribution in [0.15, 0.2) is 48.0 Å². The lowest BCUT2D eigenvalue weighted by Gasteiger charge is -2.54. The topological polar surface area (TPSA) is 62.1 Å². The summed E-state index contributed by atoms with van der Waals surface area (Å²) in [6.45, 7) is 1.90. The Bertz CT molecular complexity index is 1040. The zero-order valence-corrected chi connectivity index (χ0v) is 16.8. The van der Waals surface area contributed by atoms with Gasteiger partial charge in [0.1, 0.15) is 22.8 Å². The number of terminal acetylenes is 1. The Hall–Kier alpha value is -2.59. The highest BCUT2D eigenvalue weighted by Crippen LogP contribution is 2.47. The largest absolute Gasteiger partial charge is 0.382 e. The lowest BCUT2D eigenvalue weighted by atomic mass is 9.66. The van der Waals surface area contributed by atoms with E-state index in [2.05, 4.69) is 33.2 Å². The molecule has 3 saturated heterocycles. The lowest BCUT2D eigenvalue weighted by Crippen LogP contribution is -2.63. The first-order chi connectivity index (χ1) is 14.2. The molecule has 29 heavy (non-hydrogen) atoms. The molecule has 0 amide bonds. The summed E-state index contributed by atoms with van der Waals surface area (Å²) in [5, 5.41) is 20.9. The van der Waals surface area contributed by atoms with Gasteiger partial charge in [-0.1, -0.05) is 53.7 Å². The smallest absolute Gasteiger partial charge is 0.166 e. The van der Waals surface area contributed by atoms with Gasteiger partial charge < -0.3 is 5.11 Å². The average molecular weight is 403 g/mol. The van der Waals surface area contributed by atoms with Crippen LogP contribution >= 0.6 is 11.3 Å². The van der Waals surface area contributed by atoms with Gasteiger partial charge in [-0.25, -0.2) is 4.98 Å². The van der Waals surface area contributed by atoms with Crippen LogP contribution in [0.2, 0.25) is 0 Å². The minimum atomic E-state index is -1.08. The van der Waals surface area contributed by atoms with Crippen LogP contribution in [0.4, 0.5) is 0 Å². The molecule has 1 N–H and O–H groups in total. The number of aliphatic hydroxyl groups is 1. The molecule has 0 saturated carbocycles. The van der Waals surface area contributed by atoms with Crippen molar-refractivity contribution in [1.82, 2.24) is 20.1 Å². The molecule has 0 radical (unpaired) electrons. The number of hydrogen-bond acceptors (Lipinski definition) is 6. The van der Waals surface area contributed by atoms with Gasteiger partial charge in [-0.2, -0.15) is 0 Å². The second-order valence-corrected chi connectivity index (χ2v) is 8.64. The molecule has 2 aromatic heterocycles. The fourth-order valence-electron chi connectivity index (χ4n) is 4.89. The molecule has 3 fully saturated rings. The maximum atomic E-state index is 12.0. The molecule has 2 atom stereocenters. The highest BCUT2D eigenvalue weighted by molar-refractivity contribution is 7.12. The van der Waals surface area contributed by atoms with E-state index in [-0.39, 0.29) is 12.0 Å². The molecule has 3 aliphatic heterocycles. The van der Waals surface area contributed by atoms with Crippen LogP contribution in [0.5, 0.6) is 0 Å². The maximum absolute atomic E-state index is 12.0. The van der Waals surface area contributed by atoms with Crippen molar-refractivity contribution in [2.75, 3.05) is 13.1 Å². The molecule has 3 aromatic rings. The average Bonchev–Trinajstić information content (AvgIpc) is 3.30. The van der Waals surface area contributed by atoms with Crippen LogP contribution in [-0.2, 0) is 12.0 Å². The summed E-state index contributed by atoms with van der Waals surface area (Å²) in [6.07, 6.45) is 8.47. The number of nitrogens with zero attached hydrogens (tertiary/aromatic N) is 4. The Morgan fingerprint density at radius 2 is 1.97 bits per heavy atom. The number of pyridine rings is 1. The summed E-state index contributed by atoms with van der Waals surface area (Å²) in [6, 6.07) is 13.9. The van der Waals surface area contributed by atoms with Crippen LogP contribution in [0.1, 0.15) is 29.7 Å². The van der Waals surface area contributed by atoms with Crippen molar-refractivity contribution in [1.29, 1.82) is 0 Å². The summed E-state index contributed by atoms with van der Waals surface area (Å²) >= 11 is 1.46. The predicted molar refractivity (Wildman–Crippen MR) is 113 cm³/mol. The van der Waals surface area contributed by atoms with Gasteiger partial charge in [-0.3, -0.25) is 4.90 Å². The third kappa shape index (κ3) is 3.06. The Balaban J connectivity index is 1.64. The lowest BCUT2D eigenvalue weighted by molar-refractivity contribution is -0.143. The van der Waals surface area contributed by atoms with Gasteiger partial charge in [-0.15, -0.1) is 16.6 Å². The minimum Gasteiger partial charge on any atom is -0.382 e. The van der Waals surface area contributed by atoms with E-state index in [9.17, 15) is 5.11 Å². The van der Waals surface area contributed by atoms with E-state index in [0.29, 0.717) is 6.42 Å². The number of benzene rings is 1. The summed E-state index contributed by atoms with van der Waals surface area (Å²) in [7, 11) is 0. The Morgan fingerprint density at radius 3 is 2.66 bits per heavy atom. The zero-order valence-electron chi connectivity index (χ0n) is 16.0. The van der Waals surface area contributed by atoms with Crippen LogP contribution in [0.25, 0.3) is 10.7 Å². The molecule has 0 spiro atoms. The van der Waals surface area contributed by atoms with Crippen molar-refractivity contribution < 1.29 is 5.11 Å². The van der Waals surface area contributed by atoms with E-state index in [1.165, 1.54) is 11.3 Å². The SMILES string of the molecule is C#CC1N2CCC(CC2)[C@@]1(O)c1ccc(-c2nncs2)nc1Cc1ccccc1. The minimum absolute atomic E-state index is 0.150. The van der Waals surface area contributed by atoms with Gasteiger partial charge in [0.2, 0.25) is 0 Å². The Kier molecular flexibility index (Phi) is 4.67. The standard InChI is InChI=1S/C23H22N4OS/c1-2-21-23(28,17-10-12-27(21)13-11-17)18-8-9-19(22-26-24-15-29-22)25-20(18)14-16-6-4-3-5-7-16/h1,3-9,15,17,21,28H,10-14H2/t21?,23-/m1/s1. The van der Waals surface area contributed by atoms with Crippen molar-refractivity contribution in [2.24, 2.45) is 5.92 Å². The van der Waals surface area contributed by atoms with Gasteiger partial charge in [0.05, 0.1) is 5.69 Å².